The molecule has 0 radical (unpaired) electrons. The highest BCUT2D eigenvalue weighted by atomic mass is 79.9. The van der Waals surface area contributed by atoms with Gasteiger partial charge in [0.2, 0.25) is 0 Å². The van der Waals surface area contributed by atoms with Gasteiger partial charge in [-0.1, -0.05) is 35.2 Å². The molecular formula is C14H17BrF3N3. The molecule has 2 rings (SSSR count). The van der Waals surface area contributed by atoms with E-state index in [4.69, 9.17) is 5.84 Å². The molecule has 116 valence electrons. The van der Waals surface area contributed by atoms with Crippen LogP contribution in [0.1, 0.15) is 43.2 Å². The van der Waals surface area contributed by atoms with Crippen LogP contribution in [0.3, 0.4) is 0 Å². The van der Waals surface area contributed by atoms with Gasteiger partial charge in [-0.15, -0.1) is 0 Å². The predicted molar refractivity (Wildman–Crippen MR) is 79.9 cm³/mol. The van der Waals surface area contributed by atoms with Crippen LogP contribution < -0.4 is 11.3 Å². The second-order valence-electron chi connectivity index (χ2n) is 5.10. The minimum absolute atomic E-state index is 0.0150. The van der Waals surface area contributed by atoms with Crippen molar-refractivity contribution in [1.29, 1.82) is 0 Å². The summed E-state index contributed by atoms with van der Waals surface area (Å²) in [5.74, 6) is 5.51. The Labute approximate surface area is 129 Å². The molecule has 1 aliphatic carbocycles. The maximum atomic E-state index is 13.2. The molecule has 0 atom stereocenters. The lowest BCUT2D eigenvalue weighted by atomic mass is 9.96. The van der Waals surface area contributed by atoms with Crippen molar-refractivity contribution in [3.05, 3.63) is 33.8 Å². The summed E-state index contributed by atoms with van der Waals surface area (Å²) in [6.45, 7) is 0. The lowest BCUT2D eigenvalue weighted by Crippen LogP contribution is -2.34. The van der Waals surface area contributed by atoms with Gasteiger partial charge in [-0.05, 0) is 31.0 Å². The predicted octanol–water partition coefficient (Wildman–Crippen LogP) is 4.01. The number of hydrogen-bond donors (Lipinski definition) is 2. The SMILES string of the molecule is NNC(=NC1CCCCC1)c1ccc(Br)cc1C(F)(F)F. The minimum atomic E-state index is -4.46. The lowest BCUT2D eigenvalue weighted by Gasteiger charge is -2.20. The Morgan fingerprint density at radius 1 is 1.24 bits per heavy atom. The van der Waals surface area contributed by atoms with Crippen molar-refractivity contribution in [1.82, 2.24) is 5.43 Å². The number of halogens is 4. The van der Waals surface area contributed by atoms with Crippen LogP contribution in [0, 0.1) is 0 Å². The molecule has 3 N–H and O–H groups in total. The first-order valence-electron chi connectivity index (χ1n) is 6.83. The van der Waals surface area contributed by atoms with E-state index >= 15 is 0 Å². The van der Waals surface area contributed by atoms with E-state index in [-0.39, 0.29) is 17.4 Å². The van der Waals surface area contributed by atoms with Gasteiger partial charge in [0.1, 0.15) is 5.84 Å². The van der Waals surface area contributed by atoms with Gasteiger partial charge in [-0.25, -0.2) is 5.84 Å². The number of nitrogens with two attached hydrogens (primary N) is 1. The number of alkyl halides is 3. The summed E-state index contributed by atoms with van der Waals surface area (Å²) >= 11 is 3.07. The second-order valence-corrected chi connectivity index (χ2v) is 6.02. The van der Waals surface area contributed by atoms with Crippen LogP contribution in [-0.2, 0) is 6.18 Å². The Hall–Kier alpha value is -1.08. The van der Waals surface area contributed by atoms with Gasteiger partial charge in [0.25, 0.3) is 0 Å². The van der Waals surface area contributed by atoms with E-state index in [1.807, 2.05) is 0 Å². The molecule has 0 spiro atoms. The highest BCUT2D eigenvalue weighted by molar-refractivity contribution is 9.10. The fraction of sp³-hybridized carbons (Fsp3) is 0.500. The van der Waals surface area contributed by atoms with E-state index in [1.165, 1.54) is 6.07 Å². The molecule has 21 heavy (non-hydrogen) atoms. The number of hydrazine groups is 1. The number of nitrogens with one attached hydrogen (secondary N) is 1. The molecule has 0 bridgehead atoms. The topological polar surface area (TPSA) is 50.4 Å². The zero-order valence-corrected chi connectivity index (χ0v) is 13.0. The summed E-state index contributed by atoms with van der Waals surface area (Å²) in [5.41, 5.74) is 1.57. The smallest absolute Gasteiger partial charge is 0.308 e. The summed E-state index contributed by atoms with van der Waals surface area (Å²) in [5, 5.41) is 0. The first kappa shape index (κ1) is 16.3. The molecular weight excluding hydrogens is 347 g/mol. The van der Waals surface area contributed by atoms with Crippen molar-refractivity contribution in [3.8, 4) is 0 Å². The molecule has 0 unspecified atom stereocenters. The van der Waals surface area contributed by atoms with E-state index in [9.17, 15) is 13.2 Å². The van der Waals surface area contributed by atoms with Gasteiger partial charge < -0.3 is 5.43 Å². The molecule has 1 aromatic rings. The molecule has 1 aliphatic rings. The Balaban J connectivity index is 2.39. The van der Waals surface area contributed by atoms with Crippen LogP contribution in [0.4, 0.5) is 13.2 Å². The van der Waals surface area contributed by atoms with Crippen molar-refractivity contribution in [2.75, 3.05) is 0 Å². The van der Waals surface area contributed by atoms with Crippen LogP contribution >= 0.6 is 15.9 Å². The van der Waals surface area contributed by atoms with Crippen LogP contribution in [-0.4, -0.2) is 11.9 Å². The fourth-order valence-electron chi connectivity index (χ4n) is 2.53. The van der Waals surface area contributed by atoms with E-state index < -0.39 is 11.7 Å². The van der Waals surface area contributed by atoms with E-state index in [1.54, 1.807) is 6.07 Å². The summed E-state index contributed by atoms with van der Waals surface area (Å²) in [6, 6.07) is 4.02. The summed E-state index contributed by atoms with van der Waals surface area (Å²) in [7, 11) is 0. The van der Waals surface area contributed by atoms with E-state index in [0.717, 1.165) is 38.2 Å². The molecule has 1 aromatic carbocycles. The number of nitrogens with zero attached hydrogens (tertiary/aromatic N) is 1. The Morgan fingerprint density at radius 2 is 1.90 bits per heavy atom. The van der Waals surface area contributed by atoms with Gasteiger partial charge >= 0.3 is 6.18 Å². The van der Waals surface area contributed by atoms with Crippen molar-refractivity contribution < 1.29 is 13.2 Å². The van der Waals surface area contributed by atoms with Gasteiger partial charge in [-0.3, -0.25) is 4.99 Å². The molecule has 0 amide bonds. The lowest BCUT2D eigenvalue weighted by molar-refractivity contribution is -0.137. The summed E-state index contributed by atoms with van der Waals surface area (Å²) in [4.78, 5) is 4.39. The van der Waals surface area contributed by atoms with Crippen LogP contribution in [0.2, 0.25) is 0 Å². The molecule has 0 aromatic heterocycles. The van der Waals surface area contributed by atoms with Crippen LogP contribution in [0.15, 0.2) is 27.7 Å². The molecule has 3 nitrogen and oxygen atoms in total. The maximum absolute atomic E-state index is 13.2. The summed E-state index contributed by atoms with van der Waals surface area (Å²) in [6.07, 6.45) is 0.593. The number of amidine groups is 1. The Morgan fingerprint density at radius 3 is 2.48 bits per heavy atom. The van der Waals surface area contributed by atoms with Gasteiger partial charge in [0.15, 0.2) is 0 Å². The van der Waals surface area contributed by atoms with Gasteiger partial charge in [-0.2, -0.15) is 13.2 Å². The standard InChI is InChI=1S/C14H17BrF3N3/c15-9-6-7-11(12(8-9)14(16,17)18)13(21-19)20-10-4-2-1-3-5-10/h6-8,10H,1-5,19H2,(H,20,21). The highest BCUT2D eigenvalue weighted by Gasteiger charge is 2.35. The quantitative estimate of drug-likeness (QED) is 0.361. The van der Waals surface area contributed by atoms with E-state index in [0.29, 0.717) is 4.47 Å². The molecule has 0 saturated heterocycles. The third-order valence-electron chi connectivity index (χ3n) is 3.57. The molecule has 7 heteroatoms. The van der Waals surface area contributed by atoms with Crippen molar-refractivity contribution in [2.24, 2.45) is 10.8 Å². The second kappa shape index (κ2) is 6.79. The Kier molecular flexibility index (Phi) is 5.27. The van der Waals surface area contributed by atoms with Crippen LogP contribution in [0.25, 0.3) is 0 Å². The van der Waals surface area contributed by atoms with Crippen molar-refractivity contribution >= 4 is 21.8 Å². The van der Waals surface area contributed by atoms with Crippen molar-refractivity contribution in [3.63, 3.8) is 0 Å². The first-order valence-corrected chi connectivity index (χ1v) is 7.62. The zero-order chi connectivity index (χ0) is 15.5. The summed E-state index contributed by atoms with van der Waals surface area (Å²) < 4.78 is 39.8. The normalized spacial score (nSPS) is 17.9. The number of hydrogen-bond acceptors (Lipinski definition) is 2. The third-order valence-corrected chi connectivity index (χ3v) is 4.06. The monoisotopic (exact) mass is 363 g/mol. The van der Waals surface area contributed by atoms with Gasteiger partial charge in [0.05, 0.1) is 11.6 Å². The highest BCUT2D eigenvalue weighted by Crippen LogP contribution is 2.34. The minimum Gasteiger partial charge on any atom is -0.308 e. The average molecular weight is 364 g/mol. The largest absolute Gasteiger partial charge is 0.417 e. The van der Waals surface area contributed by atoms with Crippen molar-refractivity contribution in [2.45, 2.75) is 44.3 Å². The molecule has 0 aliphatic heterocycles. The third kappa shape index (κ3) is 4.20. The fourth-order valence-corrected chi connectivity index (χ4v) is 2.90. The number of rotatable bonds is 2. The average Bonchev–Trinajstić information content (AvgIpc) is 2.45. The molecule has 1 saturated carbocycles. The first-order chi connectivity index (χ1) is 9.91. The maximum Gasteiger partial charge on any atom is 0.417 e. The molecule has 1 fully saturated rings. The van der Waals surface area contributed by atoms with Gasteiger partial charge in [0, 0.05) is 10.0 Å². The number of benzene rings is 1. The van der Waals surface area contributed by atoms with E-state index in [2.05, 4.69) is 26.3 Å². The van der Waals surface area contributed by atoms with Crippen LogP contribution in [0.5, 0.6) is 0 Å². The number of aliphatic imine (C=N–C) groups is 1. The Bertz CT molecular complexity index is 523. The zero-order valence-electron chi connectivity index (χ0n) is 11.4. The molecule has 0 heterocycles.